The summed E-state index contributed by atoms with van der Waals surface area (Å²) < 4.78 is 0. The molecule has 74 valence electrons. The van der Waals surface area contributed by atoms with Gasteiger partial charge in [-0.05, 0) is 12.5 Å². The third-order valence-corrected chi connectivity index (χ3v) is 2.36. The van der Waals surface area contributed by atoms with Crippen LogP contribution in [0.4, 0.5) is 0 Å². The fourth-order valence-electron chi connectivity index (χ4n) is 1.29. The van der Waals surface area contributed by atoms with Crippen molar-refractivity contribution in [2.24, 2.45) is 5.92 Å². The van der Waals surface area contributed by atoms with E-state index in [1.165, 1.54) is 12.8 Å². The second-order valence-corrected chi connectivity index (χ2v) is 3.27. The molecule has 0 amide bonds. The molecule has 2 N–H and O–H groups in total. The van der Waals surface area contributed by atoms with E-state index in [1.54, 1.807) is 6.20 Å². The maximum Gasteiger partial charge on any atom is 0.0962 e. The molecule has 0 saturated carbocycles. The van der Waals surface area contributed by atoms with Gasteiger partial charge >= 0.3 is 0 Å². The predicted molar refractivity (Wildman–Crippen MR) is 52.2 cm³/mol. The van der Waals surface area contributed by atoms with Crippen molar-refractivity contribution in [1.82, 2.24) is 20.7 Å². The fraction of sp³-hybridized carbons (Fsp3) is 0.778. The predicted octanol–water partition coefficient (Wildman–Crippen LogP) is 1.33. The molecule has 0 aliphatic heterocycles. The Morgan fingerprint density at radius 2 is 2.23 bits per heavy atom. The first kappa shape index (κ1) is 10.2. The summed E-state index contributed by atoms with van der Waals surface area (Å²) in [5, 5.41) is 13.7. The van der Waals surface area contributed by atoms with Gasteiger partial charge in [0.15, 0.2) is 0 Å². The van der Waals surface area contributed by atoms with Crippen molar-refractivity contribution in [3.8, 4) is 0 Å². The second-order valence-electron chi connectivity index (χ2n) is 3.27. The molecule has 1 aromatic rings. The number of aromatic nitrogens is 3. The molecule has 0 spiro atoms. The largest absolute Gasteiger partial charge is 0.311 e. The number of hydrogen-bond donors (Lipinski definition) is 2. The summed E-state index contributed by atoms with van der Waals surface area (Å²) in [7, 11) is 0. The van der Waals surface area contributed by atoms with Crippen LogP contribution in [0, 0.1) is 5.92 Å². The Balaban J connectivity index is 2.13. The number of H-pyrrole nitrogens is 1. The molecule has 0 bridgehead atoms. The van der Waals surface area contributed by atoms with E-state index in [9.17, 15) is 0 Å². The van der Waals surface area contributed by atoms with Gasteiger partial charge in [-0.1, -0.05) is 26.7 Å². The maximum atomic E-state index is 3.97. The summed E-state index contributed by atoms with van der Waals surface area (Å²) in [6.07, 6.45) is 4.23. The van der Waals surface area contributed by atoms with Crippen molar-refractivity contribution in [2.75, 3.05) is 6.54 Å². The third-order valence-electron chi connectivity index (χ3n) is 2.36. The van der Waals surface area contributed by atoms with Crippen molar-refractivity contribution < 1.29 is 0 Å². The van der Waals surface area contributed by atoms with Crippen molar-refractivity contribution >= 4 is 0 Å². The monoisotopic (exact) mass is 182 g/mol. The third kappa shape index (κ3) is 3.55. The number of hydrogen-bond acceptors (Lipinski definition) is 3. The molecule has 0 aliphatic carbocycles. The maximum absolute atomic E-state index is 3.97. The molecule has 1 rings (SSSR count). The van der Waals surface area contributed by atoms with Gasteiger partial charge < -0.3 is 5.32 Å². The van der Waals surface area contributed by atoms with Gasteiger partial charge in [0.2, 0.25) is 0 Å². The summed E-state index contributed by atoms with van der Waals surface area (Å²) in [6.45, 7) is 6.34. The zero-order valence-corrected chi connectivity index (χ0v) is 8.38. The van der Waals surface area contributed by atoms with E-state index < -0.39 is 0 Å². The van der Waals surface area contributed by atoms with E-state index in [0.29, 0.717) is 0 Å². The van der Waals surface area contributed by atoms with Crippen LogP contribution < -0.4 is 5.32 Å². The average molecular weight is 182 g/mol. The first-order valence-electron chi connectivity index (χ1n) is 4.92. The van der Waals surface area contributed by atoms with E-state index in [2.05, 4.69) is 34.6 Å². The number of rotatable bonds is 6. The van der Waals surface area contributed by atoms with Gasteiger partial charge in [0.1, 0.15) is 0 Å². The van der Waals surface area contributed by atoms with E-state index >= 15 is 0 Å². The highest BCUT2D eigenvalue weighted by atomic mass is 15.3. The van der Waals surface area contributed by atoms with Crippen molar-refractivity contribution in [3.63, 3.8) is 0 Å². The fourth-order valence-corrected chi connectivity index (χ4v) is 1.29. The summed E-state index contributed by atoms with van der Waals surface area (Å²) >= 11 is 0. The van der Waals surface area contributed by atoms with Crippen LogP contribution >= 0.6 is 0 Å². The van der Waals surface area contributed by atoms with Crippen LogP contribution in [0.1, 0.15) is 32.4 Å². The normalized spacial score (nSPS) is 11.0. The van der Waals surface area contributed by atoms with Crippen LogP contribution in [0.5, 0.6) is 0 Å². The van der Waals surface area contributed by atoms with Crippen LogP contribution in [0.15, 0.2) is 6.20 Å². The summed E-state index contributed by atoms with van der Waals surface area (Å²) in [4.78, 5) is 0. The number of nitrogens with zero attached hydrogens (tertiary/aromatic N) is 2. The lowest BCUT2D eigenvalue weighted by Crippen LogP contribution is -2.21. The SMILES string of the molecule is CCC(CC)CNCc1cn[nH]n1. The molecule has 0 unspecified atom stereocenters. The van der Waals surface area contributed by atoms with E-state index in [4.69, 9.17) is 0 Å². The minimum atomic E-state index is 0.784. The molecule has 0 radical (unpaired) electrons. The van der Waals surface area contributed by atoms with Crippen LogP contribution in [-0.2, 0) is 6.54 Å². The molecule has 0 saturated heterocycles. The van der Waals surface area contributed by atoms with Gasteiger partial charge in [0.05, 0.1) is 11.9 Å². The molecule has 4 heteroatoms. The zero-order valence-electron chi connectivity index (χ0n) is 8.38. The highest BCUT2D eigenvalue weighted by Crippen LogP contribution is 2.05. The lowest BCUT2D eigenvalue weighted by Gasteiger charge is -2.11. The quantitative estimate of drug-likeness (QED) is 0.698. The topological polar surface area (TPSA) is 53.6 Å². The van der Waals surface area contributed by atoms with Gasteiger partial charge in [-0.15, -0.1) is 0 Å². The zero-order chi connectivity index (χ0) is 9.52. The molecule has 13 heavy (non-hydrogen) atoms. The van der Waals surface area contributed by atoms with Crippen LogP contribution in [0.25, 0.3) is 0 Å². The van der Waals surface area contributed by atoms with Gasteiger partial charge in [-0.3, -0.25) is 0 Å². The molecule has 0 aromatic carbocycles. The Morgan fingerprint density at radius 1 is 1.46 bits per heavy atom. The van der Waals surface area contributed by atoms with Crippen LogP contribution in [0.2, 0.25) is 0 Å². The second kappa shape index (κ2) is 5.70. The molecule has 0 aliphatic rings. The molecular formula is C9H18N4. The summed E-state index contributed by atoms with van der Waals surface area (Å²) in [6, 6.07) is 0. The van der Waals surface area contributed by atoms with Crippen molar-refractivity contribution in [1.29, 1.82) is 0 Å². The molecule has 4 nitrogen and oxygen atoms in total. The Labute approximate surface area is 79.1 Å². The lowest BCUT2D eigenvalue weighted by molar-refractivity contribution is 0.448. The van der Waals surface area contributed by atoms with Gasteiger partial charge in [0, 0.05) is 6.54 Å². The number of aromatic amines is 1. The van der Waals surface area contributed by atoms with Gasteiger partial charge in [-0.2, -0.15) is 15.4 Å². The van der Waals surface area contributed by atoms with Crippen molar-refractivity contribution in [2.45, 2.75) is 33.2 Å². The Morgan fingerprint density at radius 3 is 2.77 bits per heavy atom. The van der Waals surface area contributed by atoms with E-state index in [-0.39, 0.29) is 0 Å². The average Bonchev–Trinajstić information content (AvgIpc) is 2.65. The highest BCUT2D eigenvalue weighted by molar-refractivity contribution is 4.89. The summed E-state index contributed by atoms with van der Waals surface area (Å²) in [5.74, 6) is 0.784. The molecule has 0 atom stereocenters. The minimum Gasteiger partial charge on any atom is -0.311 e. The standard InChI is InChI=1S/C9H18N4/c1-3-8(4-2)5-10-6-9-7-11-13-12-9/h7-8,10H,3-6H2,1-2H3,(H,11,12,13). The molecule has 1 aromatic heterocycles. The smallest absolute Gasteiger partial charge is 0.0962 e. The number of nitrogens with one attached hydrogen (secondary N) is 2. The Bertz CT molecular complexity index is 203. The minimum absolute atomic E-state index is 0.784. The van der Waals surface area contributed by atoms with E-state index in [1.807, 2.05) is 0 Å². The molecule has 1 heterocycles. The van der Waals surface area contributed by atoms with Crippen LogP contribution in [-0.4, -0.2) is 22.0 Å². The van der Waals surface area contributed by atoms with E-state index in [0.717, 1.165) is 24.7 Å². The summed E-state index contributed by atoms with van der Waals surface area (Å²) in [5.41, 5.74) is 0.978. The Kier molecular flexibility index (Phi) is 4.46. The van der Waals surface area contributed by atoms with Gasteiger partial charge in [-0.25, -0.2) is 0 Å². The van der Waals surface area contributed by atoms with Crippen molar-refractivity contribution in [3.05, 3.63) is 11.9 Å². The first-order valence-corrected chi connectivity index (χ1v) is 4.92. The molecular weight excluding hydrogens is 164 g/mol. The Hall–Kier alpha value is -0.900. The highest BCUT2D eigenvalue weighted by Gasteiger charge is 2.02. The molecule has 0 fully saturated rings. The van der Waals surface area contributed by atoms with Crippen LogP contribution in [0.3, 0.4) is 0 Å². The lowest BCUT2D eigenvalue weighted by atomic mass is 10.0. The first-order chi connectivity index (χ1) is 6.36. The van der Waals surface area contributed by atoms with Gasteiger partial charge in [0.25, 0.3) is 0 Å².